The number of carboxylic acid groups (broad SMARTS) is 1. The standard InChI is InChI=1S/C23H22ClN9O6/c1-30-9-12(24)7-15(20(30)34)33-11-16-17(21(33)35)26-18(13-8-25-23(39-3)27-19(13)38-2)32(16)6-4-5-31-10-14(22(36)37)28-29-31/h7-10H,4-6,11H2,1-3H3,(H,36,37). The van der Waals surface area contributed by atoms with Gasteiger partial charge in [0.2, 0.25) is 5.88 Å². The lowest BCUT2D eigenvalue weighted by atomic mass is 10.3. The van der Waals surface area contributed by atoms with E-state index in [1.807, 2.05) is 4.57 Å². The Labute approximate surface area is 225 Å². The number of aromatic carboxylic acids is 1. The zero-order valence-electron chi connectivity index (χ0n) is 21.0. The number of carbonyl (C=O) groups excluding carboxylic acids is 1. The van der Waals surface area contributed by atoms with Crippen molar-refractivity contribution in [1.82, 2.24) is 39.1 Å². The summed E-state index contributed by atoms with van der Waals surface area (Å²) in [5, 5.41) is 16.9. The normalized spacial score (nSPS) is 12.6. The van der Waals surface area contributed by atoms with Crippen LogP contribution in [0.1, 0.15) is 33.1 Å². The van der Waals surface area contributed by atoms with Crippen LogP contribution >= 0.6 is 11.6 Å². The fraction of sp³-hybridized carbons (Fsp3) is 0.304. The van der Waals surface area contributed by atoms with Gasteiger partial charge >= 0.3 is 12.0 Å². The van der Waals surface area contributed by atoms with Crippen molar-refractivity contribution in [3.63, 3.8) is 0 Å². The molecule has 0 saturated heterocycles. The highest BCUT2D eigenvalue weighted by atomic mass is 35.5. The van der Waals surface area contributed by atoms with Gasteiger partial charge in [0.15, 0.2) is 11.4 Å². The van der Waals surface area contributed by atoms with Gasteiger partial charge in [0.05, 0.1) is 43.2 Å². The molecular weight excluding hydrogens is 534 g/mol. The van der Waals surface area contributed by atoms with Crippen LogP contribution in [0, 0.1) is 0 Å². The number of aryl methyl sites for hydroxylation is 2. The van der Waals surface area contributed by atoms with Crippen molar-refractivity contribution >= 4 is 29.2 Å². The van der Waals surface area contributed by atoms with Crippen LogP contribution in [-0.4, -0.2) is 70.3 Å². The van der Waals surface area contributed by atoms with Crippen molar-refractivity contribution in [2.24, 2.45) is 7.05 Å². The van der Waals surface area contributed by atoms with Gasteiger partial charge in [-0.2, -0.15) is 4.98 Å². The van der Waals surface area contributed by atoms with Crippen molar-refractivity contribution in [1.29, 1.82) is 0 Å². The molecule has 5 rings (SSSR count). The molecular formula is C23H22ClN9O6. The van der Waals surface area contributed by atoms with Gasteiger partial charge < -0.3 is 23.7 Å². The average molecular weight is 556 g/mol. The second kappa shape index (κ2) is 10.2. The van der Waals surface area contributed by atoms with Gasteiger partial charge in [-0.1, -0.05) is 16.8 Å². The highest BCUT2D eigenvalue weighted by Gasteiger charge is 2.37. The molecule has 16 heteroatoms. The van der Waals surface area contributed by atoms with Crippen molar-refractivity contribution in [3.8, 4) is 23.3 Å². The van der Waals surface area contributed by atoms with Crippen LogP contribution in [0.15, 0.2) is 29.5 Å². The van der Waals surface area contributed by atoms with E-state index < -0.39 is 11.9 Å². The molecule has 39 heavy (non-hydrogen) atoms. The Kier molecular flexibility index (Phi) is 6.74. The van der Waals surface area contributed by atoms with Crippen LogP contribution in [-0.2, 0) is 26.7 Å². The van der Waals surface area contributed by atoms with E-state index in [-0.39, 0.29) is 41.1 Å². The molecule has 0 bridgehead atoms. The quantitative estimate of drug-likeness (QED) is 0.315. The lowest BCUT2D eigenvalue weighted by Crippen LogP contribution is -2.32. The molecule has 0 aliphatic carbocycles. The Hall–Kier alpha value is -4.79. The van der Waals surface area contributed by atoms with Gasteiger partial charge in [-0.3, -0.25) is 19.2 Å². The van der Waals surface area contributed by atoms with E-state index in [0.717, 1.165) is 0 Å². The summed E-state index contributed by atoms with van der Waals surface area (Å²) >= 11 is 6.17. The summed E-state index contributed by atoms with van der Waals surface area (Å²) < 4.78 is 15.1. The third-order valence-corrected chi connectivity index (χ3v) is 6.33. The third kappa shape index (κ3) is 4.67. The number of fused-ring (bicyclic) bond motifs is 1. The molecule has 0 atom stereocenters. The third-order valence-electron chi connectivity index (χ3n) is 6.13. The minimum atomic E-state index is -1.17. The number of rotatable bonds is 9. The van der Waals surface area contributed by atoms with E-state index in [2.05, 4.69) is 25.3 Å². The largest absolute Gasteiger partial charge is 0.480 e. The number of anilines is 1. The number of aromatic nitrogens is 8. The maximum Gasteiger partial charge on any atom is 0.358 e. The Morgan fingerprint density at radius 1 is 1.15 bits per heavy atom. The highest BCUT2D eigenvalue weighted by Crippen LogP contribution is 2.35. The van der Waals surface area contributed by atoms with E-state index in [0.29, 0.717) is 41.6 Å². The van der Waals surface area contributed by atoms with Crippen LogP contribution in [0.2, 0.25) is 5.02 Å². The molecule has 0 aromatic carbocycles. The van der Waals surface area contributed by atoms with Gasteiger partial charge in [-0.25, -0.2) is 14.8 Å². The number of methoxy groups -OCH3 is 2. The monoisotopic (exact) mass is 555 g/mol. The number of pyridine rings is 1. The number of amides is 1. The first-order valence-corrected chi connectivity index (χ1v) is 12.0. The number of ether oxygens (including phenoxy) is 2. The molecule has 1 aliphatic heterocycles. The summed E-state index contributed by atoms with van der Waals surface area (Å²) in [6.07, 6.45) is 4.77. The molecule has 4 aromatic rings. The second-order valence-corrected chi connectivity index (χ2v) is 8.97. The summed E-state index contributed by atoms with van der Waals surface area (Å²) in [6, 6.07) is 1.55. The number of halogens is 1. The molecule has 0 unspecified atom stereocenters. The summed E-state index contributed by atoms with van der Waals surface area (Å²) in [6.45, 7) is 0.766. The number of carboxylic acids is 1. The number of nitrogens with zero attached hydrogens (tertiary/aromatic N) is 9. The topological polar surface area (TPSA) is 172 Å². The summed E-state index contributed by atoms with van der Waals surface area (Å²) in [7, 11) is 4.42. The zero-order chi connectivity index (χ0) is 27.8. The van der Waals surface area contributed by atoms with Crippen LogP contribution in [0.25, 0.3) is 11.4 Å². The molecule has 1 amide bonds. The molecule has 0 radical (unpaired) electrons. The van der Waals surface area contributed by atoms with Crippen LogP contribution in [0.5, 0.6) is 11.9 Å². The molecule has 1 aliphatic rings. The SMILES string of the molecule is COc1ncc(-c2nc3c(n2CCCn2cc(C(=O)O)nn2)CN(c2cc(Cl)cn(C)c2=O)C3=O)c(OC)n1. The maximum atomic E-state index is 13.5. The molecule has 0 spiro atoms. The van der Waals surface area contributed by atoms with Gasteiger partial charge in [-0.05, 0) is 12.5 Å². The Morgan fingerprint density at radius 3 is 2.64 bits per heavy atom. The predicted octanol–water partition coefficient (Wildman–Crippen LogP) is 1.25. The zero-order valence-corrected chi connectivity index (χ0v) is 21.8. The number of imidazole rings is 1. The molecule has 202 valence electrons. The fourth-order valence-corrected chi connectivity index (χ4v) is 4.56. The number of carbonyl (C=O) groups is 2. The average Bonchev–Trinajstić information content (AvgIpc) is 3.62. The Balaban J connectivity index is 1.53. The van der Waals surface area contributed by atoms with Gasteiger partial charge in [0, 0.05) is 32.5 Å². The van der Waals surface area contributed by atoms with Crippen molar-refractivity contribution in [2.45, 2.75) is 26.1 Å². The van der Waals surface area contributed by atoms with E-state index in [1.54, 1.807) is 7.05 Å². The second-order valence-electron chi connectivity index (χ2n) is 8.54. The Bertz CT molecular complexity index is 1660. The van der Waals surface area contributed by atoms with Crippen molar-refractivity contribution < 1.29 is 24.2 Å². The van der Waals surface area contributed by atoms with E-state index >= 15 is 0 Å². The molecule has 15 nitrogen and oxygen atoms in total. The van der Waals surface area contributed by atoms with Crippen molar-refractivity contribution in [2.75, 3.05) is 19.1 Å². The smallest absolute Gasteiger partial charge is 0.358 e. The van der Waals surface area contributed by atoms with Gasteiger partial charge in [-0.15, -0.1) is 5.10 Å². The van der Waals surface area contributed by atoms with Gasteiger partial charge in [0.1, 0.15) is 11.5 Å². The summed E-state index contributed by atoms with van der Waals surface area (Å²) in [5.74, 6) is -1.05. The van der Waals surface area contributed by atoms with E-state index in [1.165, 1.54) is 53.0 Å². The molecule has 0 fully saturated rings. The predicted molar refractivity (Wildman–Crippen MR) is 135 cm³/mol. The van der Waals surface area contributed by atoms with Gasteiger partial charge in [0.25, 0.3) is 11.5 Å². The van der Waals surface area contributed by atoms with E-state index in [4.69, 9.17) is 26.2 Å². The highest BCUT2D eigenvalue weighted by molar-refractivity contribution is 6.30. The molecule has 5 heterocycles. The number of hydrogen-bond donors (Lipinski definition) is 1. The first-order valence-electron chi connectivity index (χ1n) is 11.6. The number of hydrogen-bond acceptors (Lipinski definition) is 10. The van der Waals surface area contributed by atoms with Crippen molar-refractivity contribution in [3.05, 3.63) is 57.1 Å². The summed E-state index contributed by atoms with van der Waals surface area (Å²) in [5.41, 5.74) is 0.757. The minimum absolute atomic E-state index is 0.0720. The molecule has 1 N–H and O–H groups in total. The summed E-state index contributed by atoms with van der Waals surface area (Å²) in [4.78, 5) is 51.8. The van der Waals surface area contributed by atoms with Crippen LogP contribution in [0.4, 0.5) is 5.69 Å². The first-order chi connectivity index (χ1) is 18.7. The van der Waals surface area contributed by atoms with E-state index in [9.17, 15) is 14.4 Å². The molecule has 0 saturated carbocycles. The fourth-order valence-electron chi connectivity index (χ4n) is 4.31. The lowest BCUT2D eigenvalue weighted by molar-refractivity contribution is 0.0690. The lowest BCUT2D eigenvalue weighted by Gasteiger charge is -2.18. The maximum absolute atomic E-state index is 13.5. The first kappa shape index (κ1) is 25.8. The Morgan fingerprint density at radius 2 is 1.95 bits per heavy atom. The van der Waals surface area contributed by atoms with Crippen LogP contribution < -0.4 is 19.9 Å². The minimum Gasteiger partial charge on any atom is -0.480 e. The molecule has 4 aromatic heterocycles. The van der Waals surface area contributed by atoms with Crippen LogP contribution in [0.3, 0.4) is 0 Å².